The van der Waals surface area contributed by atoms with Crippen LogP contribution in [0.4, 0.5) is 4.79 Å². The first-order valence-electron chi connectivity index (χ1n) is 4.90. The van der Waals surface area contributed by atoms with Crippen LogP contribution in [-0.4, -0.2) is 19.4 Å². The van der Waals surface area contributed by atoms with E-state index in [1.54, 1.807) is 27.7 Å². The van der Waals surface area contributed by atoms with Crippen LogP contribution < -0.4 is 0 Å². The third kappa shape index (κ3) is 7.38. The molecule has 0 aliphatic carbocycles. The molecule has 3 heteroatoms. The first-order chi connectivity index (χ1) is 6.10. The molecule has 0 heterocycles. The van der Waals surface area contributed by atoms with Crippen LogP contribution in [0.2, 0.25) is 0 Å². The molecule has 0 radical (unpaired) electrons. The molecule has 0 aromatic heterocycles. The smallest absolute Gasteiger partial charge is 0.434 e. The van der Waals surface area contributed by atoms with Crippen molar-refractivity contribution < 1.29 is 17.0 Å². The van der Waals surface area contributed by atoms with Gasteiger partial charge in [0.15, 0.2) is 0 Å². The van der Waals surface area contributed by atoms with Gasteiger partial charge in [-0.1, -0.05) is 27.7 Å². The van der Waals surface area contributed by atoms with E-state index >= 15 is 0 Å². The van der Waals surface area contributed by atoms with Crippen molar-refractivity contribution in [3.05, 3.63) is 0 Å². The summed E-state index contributed by atoms with van der Waals surface area (Å²) in [7, 11) is 0. The molecule has 0 amide bonds. The summed E-state index contributed by atoms with van der Waals surface area (Å²) in [4.78, 5) is 10.9. The fraction of sp³-hybridized carbons (Fsp3) is 0.889. The Balaban J connectivity index is 3.68. The maximum atomic E-state index is 10.9. The van der Waals surface area contributed by atoms with Gasteiger partial charge in [-0.25, -0.2) is 4.79 Å². The first kappa shape index (κ1) is 7.90. The van der Waals surface area contributed by atoms with Crippen LogP contribution >= 0.6 is 0 Å². The van der Waals surface area contributed by atoms with Crippen LogP contribution in [0.1, 0.15) is 30.4 Å². The molecule has 0 aromatic carbocycles. The molecule has 0 bridgehead atoms. The van der Waals surface area contributed by atoms with Crippen LogP contribution in [0.15, 0.2) is 0 Å². The highest BCUT2D eigenvalue weighted by Gasteiger charge is 2.05. The molecule has 0 rings (SSSR count). The molecule has 0 atom stereocenters. The van der Waals surface area contributed by atoms with Gasteiger partial charge in [0.25, 0.3) is 0 Å². The van der Waals surface area contributed by atoms with E-state index < -0.39 is 17.9 Å². The van der Waals surface area contributed by atoms with E-state index in [1.165, 1.54) is 0 Å². The van der Waals surface area contributed by atoms with Crippen molar-refractivity contribution in [3.63, 3.8) is 0 Å². The van der Waals surface area contributed by atoms with Crippen LogP contribution in [0.25, 0.3) is 0 Å². The number of ether oxygens (including phenoxy) is 2. The molecule has 0 saturated carbocycles. The van der Waals surface area contributed by atoms with Crippen LogP contribution in [-0.2, 0) is 9.47 Å². The van der Waals surface area contributed by atoms with E-state index in [2.05, 4.69) is 9.47 Å². The summed E-state index contributed by atoms with van der Waals surface area (Å²) in [5, 5.41) is 0. The van der Waals surface area contributed by atoms with Gasteiger partial charge >= 0.3 is 6.16 Å². The second kappa shape index (κ2) is 5.86. The fourth-order valence-corrected chi connectivity index (χ4v) is 0.448. The largest absolute Gasteiger partial charge is 0.508 e. The number of carbonyl (C=O) groups is 1. The fourth-order valence-electron chi connectivity index (χ4n) is 0.448. The third-order valence-electron chi connectivity index (χ3n) is 0.957. The highest BCUT2D eigenvalue weighted by Crippen LogP contribution is 1.97. The van der Waals surface area contributed by atoms with Gasteiger partial charge in [-0.3, -0.25) is 0 Å². The van der Waals surface area contributed by atoms with Crippen molar-refractivity contribution in [2.24, 2.45) is 11.8 Å². The van der Waals surface area contributed by atoms with Crippen molar-refractivity contribution in [1.82, 2.24) is 0 Å². The van der Waals surface area contributed by atoms with Gasteiger partial charge in [-0.2, -0.15) is 0 Å². The zero-order chi connectivity index (χ0) is 11.4. The van der Waals surface area contributed by atoms with Crippen molar-refractivity contribution in [1.29, 1.82) is 0 Å². The zero-order valence-corrected chi connectivity index (χ0v) is 8.14. The molecule has 3 nitrogen and oxygen atoms in total. The summed E-state index contributed by atoms with van der Waals surface area (Å²) < 4.78 is 24.2. The predicted octanol–water partition coefficient (Wildman–Crippen LogP) is 2.45. The number of carbonyl (C=O) groups excluding carboxylic acids is 1. The summed E-state index contributed by atoms with van der Waals surface area (Å²) in [6, 6.07) is 0. The van der Waals surface area contributed by atoms with E-state index in [4.69, 9.17) is 2.74 Å². The van der Waals surface area contributed by atoms with Gasteiger partial charge in [0.1, 0.15) is 0 Å². The van der Waals surface area contributed by atoms with Crippen molar-refractivity contribution >= 4 is 6.16 Å². The lowest BCUT2D eigenvalue weighted by Crippen LogP contribution is -2.14. The maximum Gasteiger partial charge on any atom is 0.508 e. The summed E-state index contributed by atoms with van der Waals surface area (Å²) in [6.07, 6.45) is -0.814. The molecule has 0 unspecified atom stereocenters. The van der Waals surface area contributed by atoms with Gasteiger partial charge in [-0.05, 0) is 11.8 Å². The average molecular weight is 176 g/mol. The highest BCUT2D eigenvalue weighted by molar-refractivity contribution is 5.59. The normalized spacial score (nSPS) is 14.7. The molecule has 72 valence electrons. The monoisotopic (exact) mass is 176 g/mol. The molecule has 12 heavy (non-hydrogen) atoms. The molecule has 0 aromatic rings. The van der Waals surface area contributed by atoms with Gasteiger partial charge in [0.2, 0.25) is 0 Å². The Morgan fingerprint density at radius 3 is 1.75 bits per heavy atom. The van der Waals surface area contributed by atoms with Crippen molar-refractivity contribution in [2.45, 2.75) is 27.7 Å². The first-order valence-corrected chi connectivity index (χ1v) is 3.90. The average Bonchev–Trinajstić information content (AvgIpc) is 1.94. The minimum absolute atomic E-state index is 0.00966. The van der Waals surface area contributed by atoms with E-state index in [1.807, 2.05) is 0 Å². The lowest BCUT2D eigenvalue weighted by molar-refractivity contribution is 0.0404. The Morgan fingerprint density at radius 2 is 1.50 bits per heavy atom. The molecule has 0 aliphatic heterocycles. The third-order valence-corrected chi connectivity index (χ3v) is 0.957. The number of hydrogen-bond donors (Lipinski definition) is 0. The molecule has 0 N–H and O–H groups in total. The lowest BCUT2D eigenvalue weighted by atomic mass is 10.2. The Kier molecular flexibility index (Phi) is 3.86. The molecule has 0 spiro atoms. The van der Waals surface area contributed by atoms with Gasteiger partial charge < -0.3 is 9.47 Å². The minimum Gasteiger partial charge on any atom is -0.434 e. The summed E-state index contributed by atoms with van der Waals surface area (Å²) in [6.45, 7) is 6.52. The Morgan fingerprint density at radius 1 is 1.17 bits per heavy atom. The summed E-state index contributed by atoms with van der Waals surface area (Å²) in [5.41, 5.74) is 0. The molecule has 0 fully saturated rings. The standard InChI is InChI=1S/C9H18O3/c1-7(2)5-11-9(10)12-6-8(3)4/h7-8H,5-6H2,1-4H3/i7D,8D. The molecule has 0 saturated heterocycles. The minimum atomic E-state index is -0.814. The van der Waals surface area contributed by atoms with Crippen LogP contribution in [0, 0.1) is 11.8 Å². The maximum absolute atomic E-state index is 10.9. The molecule has 0 aliphatic rings. The van der Waals surface area contributed by atoms with Gasteiger partial charge in [0.05, 0.1) is 13.2 Å². The lowest BCUT2D eigenvalue weighted by Gasteiger charge is -2.08. The van der Waals surface area contributed by atoms with Gasteiger partial charge in [0, 0.05) is 2.74 Å². The second-order valence-electron chi connectivity index (χ2n) is 3.24. The Labute approximate surface area is 76.9 Å². The molecular formula is C9H18O3. The van der Waals surface area contributed by atoms with Crippen molar-refractivity contribution in [2.75, 3.05) is 13.2 Å². The SMILES string of the molecule is [2H]C(C)(C)COC(=O)OCC([2H])(C)C. The van der Waals surface area contributed by atoms with E-state index in [-0.39, 0.29) is 13.2 Å². The van der Waals surface area contributed by atoms with Crippen LogP contribution in [0.5, 0.6) is 0 Å². The summed E-state index contributed by atoms with van der Waals surface area (Å²) >= 11 is 0. The van der Waals surface area contributed by atoms with Crippen LogP contribution in [0.3, 0.4) is 0 Å². The van der Waals surface area contributed by atoms with Crippen molar-refractivity contribution in [3.8, 4) is 0 Å². The van der Waals surface area contributed by atoms with Gasteiger partial charge in [-0.15, -0.1) is 0 Å². The highest BCUT2D eigenvalue weighted by atomic mass is 16.7. The van der Waals surface area contributed by atoms with E-state index in [0.29, 0.717) is 0 Å². The second-order valence-corrected chi connectivity index (χ2v) is 3.24. The van der Waals surface area contributed by atoms with E-state index in [0.717, 1.165) is 0 Å². The quantitative estimate of drug-likeness (QED) is 0.617. The Bertz CT molecular complexity index is 171. The number of hydrogen-bond acceptors (Lipinski definition) is 3. The topological polar surface area (TPSA) is 35.5 Å². The predicted molar refractivity (Wildman–Crippen MR) is 47.0 cm³/mol. The summed E-state index contributed by atoms with van der Waals surface area (Å²) in [5.74, 6) is -1.62. The number of rotatable bonds is 4. The Hall–Kier alpha value is -0.730. The zero-order valence-electron chi connectivity index (χ0n) is 10.1. The molecular weight excluding hydrogens is 156 g/mol. The van der Waals surface area contributed by atoms with E-state index in [9.17, 15) is 4.79 Å².